The van der Waals surface area contributed by atoms with Crippen LogP contribution in [0.1, 0.15) is 25.5 Å². The molecule has 0 aliphatic carbocycles. The molecule has 0 fully saturated rings. The molecule has 2 aromatic rings. The molecule has 2 aromatic heterocycles. The van der Waals surface area contributed by atoms with Gasteiger partial charge in [-0.1, -0.05) is 6.92 Å². The Morgan fingerprint density at radius 3 is 3.10 bits per heavy atom. The highest BCUT2D eigenvalue weighted by atomic mass is 32.1. The number of hydrogen-bond acceptors (Lipinski definition) is 5. The van der Waals surface area contributed by atoms with Crippen LogP contribution in [0.3, 0.4) is 0 Å². The van der Waals surface area contributed by atoms with Crippen molar-refractivity contribution in [2.24, 2.45) is 0 Å². The minimum Gasteiger partial charge on any atom is -0.385 e. The van der Waals surface area contributed by atoms with Crippen molar-refractivity contribution in [2.75, 3.05) is 38.8 Å². The molecule has 0 saturated carbocycles. The normalized spacial score (nSPS) is 11.3. The fourth-order valence-electron chi connectivity index (χ4n) is 2.23. The van der Waals surface area contributed by atoms with Crippen LogP contribution in [0.4, 0.5) is 5.82 Å². The Labute approximate surface area is 124 Å². The van der Waals surface area contributed by atoms with Crippen molar-refractivity contribution < 1.29 is 4.74 Å². The second kappa shape index (κ2) is 7.61. The highest BCUT2D eigenvalue weighted by Crippen LogP contribution is 2.24. The first kappa shape index (κ1) is 15.3. The van der Waals surface area contributed by atoms with E-state index in [4.69, 9.17) is 9.72 Å². The summed E-state index contributed by atoms with van der Waals surface area (Å²) < 4.78 is 7.31. The number of nitrogens with zero attached hydrogens (tertiary/aromatic N) is 3. The molecule has 0 bridgehead atoms. The largest absolute Gasteiger partial charge is 0.385 e. The Kier molecular flexibility index (Phi) is 5.82. The summed E-state index contributed by atoms with van der Waals surface area (Å²) in [4.78, 5) is 8.04. The summed E-state index contributed by atoms with van der Waals surface area (Å²) in [5.41, 5.74) is 1.25. The van der Waals surface area contributed by atoms with Gasteiger partial charge in [0.1, 0.15) is 0 Å². The van der Waals surface area contributed by atoms with Crippen LogP contribution < -0.4 is 10.2 Å². The highest BCUT2D eigenvalue weighted by molar-refractivity contribution is 7.15. The van der Waals surface area contributed by atoms with E-state index in [9.17, 15) is 0 Å². The number of thiazole rings is 1. The number of nitrogens with one attached hydrogen (secondary N) is 1. The molecule has 0 amide bonds. The van der Waals surface area contributed by atoms with Crippen LogP contribution in [0.5, 0.6) is 0 Å². The lowest BCUT2D eigenvalue weighted by Crippen LogP contribution is -2.23. The second-order valence-corrected chi connectivity index (χ2v) is 5.76. The molecule has 20 heavy (non-hydrogen) atoms. The molecule has 6 heteroatoms. The number of imidazole rings is 1. The van der Waals surface area contributed by atoms with Gasteiger partial charge < -0.3 is 15.0 Å². The molecule has 2 heterocycles. The van der Waals surface area contributed by atoms with Crippen LogP contribution in [0.2, 0.25) is 0 Å². The van der Waals surface area contributed by atoms with E-state index in [-0.39, 0.29) is 0 Å². The van der Waals surface area contributed by atoms with Crippen molar-refractivity contribution in [3.63, 3.8) is 0 Å². The Balaban J connectivity index is 2.13. The number of ether oxygens (including phenoxy) is 1. The predicted octanol–water partition coefficient (Wildman–Crippen LogP) is 2.37. The zero-order chi connectivity index (χ0) is 14.4. The van der Waals surface area contributed by atoms with Crippen molar-refractivity contribution >= 4 is 22.1 Å². The van der Waals surface area contributed by atoms with Gasteiger partial charge in [0.05, 0.1) is 5.69 Å². The van der Waals surface area contributed by atoms with Crippen LogP contribution in [0.15, 0.2) is 11.6 Å². The van der Waals surface area contributed by atoms with Gasteiger partial charge in [0.15, 0.2) is 10.8 Å². The quantitative estimate of drug-likeness (QED) is 0.721. The lowest BCUT2D eigenvalue weighted by atomic mass is 10.3. The molecule has 1 N–H and O–H groups in total. The van der Waals surface area contributed by atoms with E-state index >= 15 is 0 Å². The fourth-order valence-corrected chi connectivity index (χ4v) is 2.95. The van der Waals surface area contributed by atoms with Crippen molar-refractivity contribution in [2.45, 2.75) is 26.3 Å². The Morgan fingerprint density at radius 2 is 2.35 bits per heavy atom. The van der Waals surface area contributed by atoms with E-state index in [0.29, 0.717) is 0 Å². The third-order valence-corrected chi connectivity index (χ3v) is 4.02. The number of rotatable bonds is 9. The van der Waals surface area contributed by atoms with Gasteiger partial charge in [0.2, 0.25) is 0 Å². The second-order valence-electron chi connectivity index (χ2n) is 4.88. The number of fused-ring (bicyclic) bond motifs is 1. The molecule has 0 radical (unpaired) electrons. The summed E-state index contributed by atoms with van der Waals surface area (Å²) in [6.07, 6.45) is 4.26. The molecule has 5 nitrogen and oxygen atoms in total. The number of anilines is 1. The first-order valence-electron chi connectivity index (χ1n) is 7.13. The SMILES string of the molecule is CCCNCc1c(N(C)CCCOC)nc2sccn12. The van der Waals surface area contributed by atoms with E-state index in [1.54, 1.807) is 18.4 Å². The van der Waals surface area contributed by atoms with Crippen LogP contribution in [-0.2, 0) is 11.3 Å². The lowest BCUT2D eigenvalue weighted by molar-refractivity contribution is 0.196. The van der Waals surface area contributed by atoms with E-state index in [1.165, 1.54) is 5.69 Å². The van der Waals surface area contributed by atoms with E-state index < -0.39 is 0 Å². The first-order chi connectivity index (χ1) is 9.77. The van der Waals surface area contributed by atoms with E-state index in [2.05, 4.69) is 40.2 Å². The summed E-state index contributed by atoms with van der Waals surface area (Å²) in [6.45, 7) is 5.82. The van der Waals surface area contributed by atoms with Gasteiger partial charge in [-0.25, -0.2) is 4.98 Å². The molecular weight excluding hydrogens is 272 g/mol. The third-order valence-electron chi connectivity index (χ3n) is 3.26. The molecule has 0 unspecified atom stereocenters. The third kappa shape index (κ3) is 3.50. The summed E-state index contributed by atoms with van der Waals surface area (Å²) >= 11 is 1.68. The monoisotopic (exact) mass is 296 g/mol. The lowest BCUT2D eigenvalue weighted by Gasteiger charge is -2.18. The maximum atomic E-state index is 5.12. The minimum atomic E-state index is 0.788. The first-order valence-corrected chi connectivity index (χ1v) is 8.01. The molecule has 0 saturated heterocycles. The summed E-state index contributed by atoms with van der Waals surface area (Å²) in [5, 5.41) is 5.56. The average Bonchev–Trinajstić information content (AvgIpc) is 3.01. The van der Waals surface area contributed by atoms with Crippen LogP contribution in [0.25, 0.3) is 4.96 Å². The molecule has 112 valence electrons. The van der Waals surface area contributed by atoms with Crippen molar-refractivity contribution in [1.29, 1.82) is 0 Å². The molecule has 0 aliphatic rings. The topological polar surface area (TPSA) is 41.8 Å². The predicted molar refractivity (Wildman–Crippen MR) is 84.8 cm³/mol. The van der Waals surface area contributed by atoms with E-state index in [1.807, 2.05) is 0 Å². The van der Waals surface area contributed by atoms with Crippen molar-refractivity contribution in [1.82, 2.24) is 14.7 Å². The Bertz CT molecular complexity index is 522. The molecule has 2 rings (SSSR count). The highest BCUT2D eigenvalue weighted by Gasteiger charge is 2.15. The zero-order valence-corrected chi connectivity index (χ0v) is 13.4. The molecular formula is C14H24N4OS. The van der Waals surface area contributed by atoms with Gasteiger partial charge in [0.25, 0.3) is 0 Å². The molecule has 0 aromatic carbocycles. The van der Waals surface area contributed by atoms with Gasteiger partial charge in [-0.2, -0.15) is 0 Å². The van der Waals surface area contributed by atoms with Crippen LogP contribution in [0, 0.1) is 0 Å². The van der Waals surface area contributed by atoms with Crippen molar-refractivity contribution in [3.05, 3.63) is 17.3 Å². The maximum Gasteiger partial charge on any atom is 0.195 e. The molecule has 0 atom stereocenters. The number of aromatic nitrogens is 2. The summed E-state index contributed by atoms with van der Waals surface area (Å²) in [5.74, 6) is 1.08. The van der Waals surface area contributed by atoms with E-state index in [0.717, 1.165) is 49.9 Å². The summed E-state index contributed by atoms with van der Waals surface area (Å²) in [7, 11) is 3.85. The molecule has 0 aliphatic heterocycles. The maximum absolute atomic E-state index is 5.12. The van der Waals surface area contributed by atoms with Crippen molar-refractivity contribution in [3.8, 4) is 0 Å². The minimum absolute atomic E-state index is 0.788. The van der Waals surface area contributed by atoms with Gasteiger partial charge in [-0.15, -0.1) is 11.3 Å². The summed E-state index contributed by atoms with van der Waals surface area (Å²) in [6, 6.07) is 0. The van der Waals surface area contributed by atoms with Gasteiger partial charge in [0, 0.05) is 45.4 Å². The Hall–Kier alpha value is -1.11. The number of hydrogen-bond donors (Lipinski definition) is 1. The molecule has 0 spiro atoms. The zero-order valence-electron chi connectivity index (χ0n) is 12.6. The standard InChI is InChI=1S/C14H24N4OS/c1-4-6-15-11-12-13(17(2)7-5-9-19-3)16-14-18(12)8-10-20-14/h8,10,15H,4-7,9,11H2,1-3H3. The fraction of sp³-hybridized carbons (Fsp3) is 0.643. The van der Waals surface area contributed by atoms with Crippen LogP contribution >= 0.6 is 11.3 Å². The smallest absolute Gasteiger partial charge is 0.195 e. The number of methoxy groups -OCH3 is 1. The Morgan fingerprint density at radius 1 is 1.50 bits per heavy atom. The van der Waals surface area contributed by atoms with Gasteiger partial charge in [-0.05, 0) is 19.4 Å². The van der Waals surface area contributed by atoms with Gasteiger partial charge in [-0.3, -0.25) is 4.40 Å². The van der Waals surface area contributed by atoms with Gasteiger partial charge >= 0.3 is 0 Å². The van der Waals surface area contributed by atoms with Crippen LogP contribution in [-0.4, -0.2) is 43.2 Å². The average molecular weight is 296 g/mol.